The van der Waals surface area contributed by atoms with Crippen molar-refractivity contribution in [3.8, 4) is 11.5 Å². The van der Waals surface area contributed by atoms with E-state index in [1.54, 1.807) is 32.4 Å². The van der Waals surface area contributed by atoms with Gasteiger partial charge in [-0.15, -0.1) is 0 Å². The van der Waals surface area contributed by atoms with Crippen LogP contribution in [-0.2, 0) is 0 Å². The van der Waals surface area contributed by atoms with Crippen molar-refractivity contribution in [3.05, 3.63) is 23.8 Å². The lowest BCUT2D eigenvalue weighted by Gasteiger charge is -2.16. The van der Waals surface area contributed by atoms with Crippen molar-refractivity contribution in [3.63, 3.8) is 0 Å². The minimum absolute atomic E-state index is 0.0987. The fraction of sp³-hybridized carbons (Fsp3) is 0.562. The summed E-state index contributed by atoms with van der Waals surface area (Å²) in [6.07, 6.45) is 2.08. The predicted octanol–water partition coefficient (Wildman–Crippen LogP) is 3.26. The van der Waals surface area contributed by atoms with Gasteiger partial charge in [-0.1, -0.05) is 13.8 Å². The smallest absolute Gasteiger partial charge is 0.251 e. The van der Waals surface area contributed by atoms with Crippen LogP contribution in [0.3, 0.4) is 0 Å². The number of carbonyl (C=O) groups is 1. The Morgan fingerprint density at radius 2 is 1.60 bits per heavy atom. The molecule has 0 bridgehead atoms. The third kappa shape index (κ3) is 5.11. The molecule has 0 aliphatic heterocycles. The molecule has 1 N–H and O–H groups in total. The first kappa shape index (κ1) is 16.3. The second kappa shape index (κ2) is 7.78. The van der Waals surface area contributed by atoms with Gasteiger partial charge in [-0.2, -0.15) is 0 Å². The van der Waals surface area contributed by atoms with E-state index < -0.39 is 0 Å². The molecule has 0 heterocycles. The lowest BCUT2D eigenvalue weighted by Crippen LogP contribution is -2.32. The minimum Gasteiger partial charge on any atom is -0.497 e. The summed E-state index contributed by atoms with van der Waals surface area (Å²) in [5, 5.41) is 3.00. The van der Waals surface area contributed by atoms with Gasteiger partial charge in [-0.05, 0) is 37.8 Å². The van der Waals surface area contributed by atoms with Gasteiger partial charge >= 0.3 is 0 Å². The van der Waals surface area contributed by atoms with Crippen molar-refractivity contribution >= 4 is 5.91 Å². The average molecular weight is 279 g/mol. The Morgan fingerprint density at radius 1 is 1.05 bits per heavy atom. The molecule has 1 amide bonds. The van der Waals surface area contributed by atoms with Gasteiger partial charge < -0.3 is 14.8 Å². The Labute approximate surface area is 121 Å². The fourth-order valence-electron chi connectivity index (χ4n) is 1.90. The molecule has 0 radical (unpaired) electrons. The van der Waals surface area contributed by atoms with Gasteiger partial charge in [0.1, 0.15) is 11.5 Å². The SMILES string of the molecule is COc1cc(OC)cc(C(=O)NC(C)CCC(C)C)c1. The van der Waals surface area contributed by atoms with E-state index in [0.717, 1.165) is 12.8 Å². The first-order valence-corrected chi connectivity index (χ1v) is 7.00. The van der Waals surface area contributed by atoms with Crippen LogP contribution in [0.25, 0.3) is 0 Å². The van der Waals surface area contributed by atoms with Crippen LogP contribution in [0.15, 0.2) is 18.2 Å². The van der Waals surface area contributed by atoms with Crippen molar-refractivity contribution in [2.45, 2.75) is 39.7 Å². The highest BCUT2D eigenvalue weighted by Gasteiger charge is 2.12. The zero-order valence-corrected chi connectivity index (χ0v) is 13.0. The Hall–Kier alpha value is -1.71. The Bertz CT molecular complexity index is 421. The zero-order valence-electron chi connectivity index (χ0n) is 13.0. The molecular weight excluding hydrogens is 254 g/mol. The largest absolute Gasteiger partial charge is 0.497 e. The summed E-state index contributed by atoms with van der Waals surface area (Å²) in [6.45, 7) is 6.39. The molecule has 0 saturated carbocycles. The number of ether oxygens (including phenoxy) is 2. The van der Waals surface area contributed by atoms with Gasteiger partial charge in [0.25, 0.3) is 5.91 Å². The molecule has 0 saturated heterocycles. The number of hydrogen-bond donors (Lipinski definition) is 1. The van der Waals surface area contributed by atoms with E-state index >= 15 is 0 Å². The van der Waals surface area contributed by atoms with Gasteiger partial charge in [-0.25, -0.2) is 0 Å². The topological polar surface area (TPSA) is 47.6 Å². The van der Waals surface area contributed by atoms with Crippen LogP contribution in [-0.4, -0.2) is 26.2 Å². The fourth-order valence-corrected chi connectivity index (χ4v) is 1.90. The summed E-state index contributed by atoms with van der Waals surface area (Å²) in [5.41, 5.74) is 0.553. The van der Waals surface area contributed by atoms with Crippen molar-refractivity contribution in [2.75, 3.05) is 14.2 Å². The number of rotatable bonds is 7. The number of hydrogen-bond acceptors (Lipinski definition) is 3. The molecule has 1 aromatic rings. The summed E-state index contributed by atoms with van der Waals surface area (Å²) < 4.78 is 10.3. The van der Waals surface area contributed by atoms with Crippen LogP contribution < -0.4 is 14.8 Å². The van der Waals surface area contributed by atoms with Crippen molar-refractivity contribution < 1.29 is 14.3 Å². The molecule has 1 unspecified atom stereocenters. The van der Waals surface area contributed by atoms with E-state index in [1.807, 2.05) is 6.92 Å². The van der Waals surface area contributed by atoms with Crippen molar-refractivity contribution in [2.24, 2.45) is 5.92 Å². The molecule has 112 valence electrons. The molecule has 0 aliphatic rings. The molecular formula is C16H25NO3. The van der Waals surface area contributed by atoms with E-state index in [0.29, 0.717) is 23.0 Å². The molecule has 1 rings (SSSR count). The van der Waals surface area contributed by atoms with E-state index in [2.05, 4.69) is 19.2 Å². The maximum Gasteiger partial charge on any atom is 0.251 e. The van der Waals surface area contributed by atoms with Crippen molar-refractivity contribution in [1.29, 1.82) is 0 Å². The molecule has 1 atom stereocenters. The number of amides is 1. The Morgan fingerprint density at radius 3 is 2.05 bits per heavy atom. The Kier molecular flexibility index (Phi) is 6.36. The summed E-state index contributed by atoms with van der Waals surface area (Å²) in [7, 11) is 3.14. The lowest BCUT2D eigenvalue weighted by molar-refractivity contribution is 0.0936. The third-order valence-corrected chi connectivity index (χ3v) is 3.17. The molecule has 0 aliphatic carbocycles. The third-order valence-electron chi connectivity index (χ3n) is 3.17. The van der Waals surface area contributed by atoms with Crippen LogP contribution in [0, 0.1) is 5.92 Å². The van der Waals surface area contributed by atoms with Crippen LogP contribution in [0.5, 0.6) is 11.5 Å². The molecule has 0 aromatic heterocycles. The van der Waals surface area contributed by atoms with Gasteiger partial charge in [0.2, 0.25) is 0 Å². The molecule has 0 spiro atoms. The summed E-state index contributed by atoms with van der Waals surface area (Å²) in [4.78, 5) is 12.2. The van der Waals surface area contributed by atoms with E-state index in [-0.39, 0.29) is 11.9 Å². The van der Waals surface area contributed by atoms with E-state index in [9.17, 15) is 4.79 Å². The molecule has 4 heteroatoms. The quantitative estimate of drug-likeness (QED) is 0.833. The summed E-state index contributed by atoms with van der Waals surface area (Å²) >= 11 is 0. The maximum absolute atomic E-state index is 12.2. The first-order chi connectivity index (χ1) is 9.46. The molecule has 0 fully saturated rings. The van der Waals surface area contributed by atoms with Crippen LogP contribution in [0.4, 0.5) is 0 Å². The molecule has 1 aromatic carbocycles. The van der Waals surface area contributed by atoms with Gasteiger partial charge in [0, 0.05) is 17.7 Å². The highest BCUT2D eigenvalue weighted by atomic mass is 16.5. The summed E-state index contributed by atoms with van der Waals surface area (Å²) in [5.74, 6) is 1.78. The standard InChI is InChI=1S/C16H25NO3/c1-11(2)6-7-12(3)17-16(18)13-8-14(19-4)10-15(9-13)20-5/h8-12H,6-7H2,1-5H3,(H,17,18). The number of nitrogens with one attached hydrogen (secondary N) is 1. The van der Waals surface area contributed by atoms with Crippen LogP contribution >= 0.6 is 0 Å². The second-order valence-electron chi connectivity index (χ2n) is 5.45. The van der Waals surface area contributed by atoms with E-state index in [1.165, 1.54) is 0 Å². The lowest BCUT2D eigenvalue weighted by atomic mass is 10.0. The summed E-state index contributed by atoms with van der Waals surface area (Å²) in [6, 6.07) is 5.33. The number of methoxy groups -OCH3 is 2. The van der Waals surface area contributed by atoms with Crippen LogP contribution in [0.2, 0.25) is 0 Å². The zero-order chi connectivity index (χ0) is 15.1. The second-order valence-corrected chi connectivity index (χ2v) is 5.45. The van der Waals surface area contributed by atoms with Gasteiger partial charge in [0.15, 0.2) is 0 Å². The van der Waals surface area contributed by atoms with Crippen molar-refractivity contribution in [1.82, 2.24) is 5.32 Å². The predicted molar refractivity (Wildman–Crippen MR) is 80.5 cm³/mol. The van der Waals surface area contributed by atoms with Gasteiger partial charge in [0.05, 0.1) is 14.2 Å². The molecule has 4 nitrogen and oxygen atoms in total. The number of benzene rings is 1. The van der Waals surface area contributed by atoms with E-state index in [4.69, 9.17) is 9.47 Å². The minimum atomic E-state index is -0.0987. The van der Waals surface area contributed by atoms with Crippen LogP contribution in [0.1, 0.15) is 44.0 Å². The normalized spacial score (nSPS) is 12.1. The van der Waals surface area contributed by atoms with Gasteiger partial charge in [-0.3, -0.25) is 4.79 Å². The highest BCUT2D eigenvalue weighted by molar-refractivity contribution is 5.95. The average Bonchev–Trinajstić information content (AvgIpc) is 2.44. The monoisotopic (exact) mass is 279 g/mol. The number of carbonyl (C=O) groups excluding carboxylic acids is 1. The first-order valence-electron chi connectivity index (χ1n) is 7.00. The Balaban J connectivity index is 2.71. The highest BCUT2D eigenvalue weighted by Crippen LogP contribution is 2.22. The molecule has 20 heavy (non-hydrogen) atoms. The maximum atomic E-state index is 12.2.